The van der Waals surface area contributed by atoms with Crippen LogP contribution < -0.4 is 16.2 Å². The average Bonchev–Trinajstić information content (AvgIpc) is 3.08. The molecule has 3 aromatic heterocycles. The number of aryl methyl sites for hydroxylation is 1. The summed E-state index contributed by atoms with van der Waals surface area (Å²) in [5.74, 6) is 1.66. The zero-order valence-electron chi connectivity index (χ0n) is 16.3. The van der Waals surface area contributed by atoms with Crippen molar-refractivity contribution in [1.82, 2.24) is 14.5 Å². The molecule has 0 aromatic carbocycles. The highest BCUT2D eigenvalue weighted by Gasteiger charge is 2.26. The summed E-state index contributed by atoms with van der Waals surface area (Å²) >= 11 is 0. The molecule has 8 nitrogen and oxygen atoms in total. The summed E-state index contributed by atoms with van der Waals surface area (Å²) in [6.07, 6.45) is 5.40. The number of hydrogen-bond acceptors (Lipinski definition) is 7. The molecule has 3 heterocycles. The van der Waals surface area contributed by atoms with Crippen molar-refractivity contribution in [2.24, 2.45) is 0 Å². The standard InChI is InChI=1S/C21H25N5O3/c1-13-5-7-22-17(11-13)24-18-12-14-6-8-26(9-10-27)21(29)19(14)20(25-18)23-15-3-2-4-16(15)28/h5-8,11-12,15-16,27-28H,2-4,9-10H2,1H3,(H2,22,23,24,25). The largest absolute Gasteiger partial charge is 0.395 e. The quantitative estimate of drug-likeness (QED) is 0.506. The molecule has 2 unspecified atom stereocenters. The summed E-state index contributed by atoms with van der Waals surface area (Å²) in [5.41, 5.74) is 0.849. The van der Waals surface area contributed by atoms with Gasteiger partial charge in [-0.15, -0.1) is 0 Å². The van der Waals surface area contributed by atoms with Gasteiger partial charge in [0.15, 0.2) is 0 Å². The molecule has 0 amide bonds. The summed E-state index contributed by atoms with van der Waals surface area (Å²) in [4.78, 5) is 21.9. The molecular weight excluding hydrogens is 370 g/mol. The van der Waals surface area contributed by atoms with Gasteiger partial charge in [-0.2, -0.15) is 0 Å². The van der Waals surface area contributed by atoms with Crippen molar-refractivity contribution >= 4 is 28.2 Å². The number of anilines is 3. The van der Waals surface area contributed by atoms with Crippen LogP contribution in [0.3, 0.4) is 0 Å². The zero-order valence-corrected chi connectivity index (χ0v) is 16.3. The summed E-state index contributed by atoms with van der Waals surface area (Å²) in [6.45, 7) is 2.08. The van der Waals surface area contributed by atoms with Crippen LogP contribution in [0.25, 0.3) is 10.8 Å². The first-order chi connectivity index (χ1) is 14.0. The monoisotopic (exact) mass is 395 g/mol. The van der Waals surface area contributed by atoms with Gasteiger partial charge in [0.05, 0.1) is 24.1 Å². The van der Waals surface area contributed by atoms with Crippen molar-refractivity contribution in [3.63, 3.8) is 0 Å². The van der Waals surface area contributed by atoms with Gasteiger partial charge in [0, 0.05) is 18.9 Å². The van der Waals surface area contributed by atoms with Crippen molar-refractivity contribution < 1.29 is 10.2 Å². The van der Waals surface area contributed by atoms with Gasteiger partial charge in [-0.1, -0.05) is 0 Å². The van der Waals surface area contributed by atoms with Crippen LogP contribution in [0, 0.1) is 6.92 Å². The van der Waals surface area contributed by atoms with Crippen LogP contribution in [-0.2, 0) is 6.54 Å². The van der Waals surface area contributed by atoms with Crippen LogP contribution in [0.15, 0.2) is 41.5 Å². The maximum absolute atomic E-state index is 13.0. The summed E-state index contributed by atoms with van der Waals surface area (Å²) in [5, 5.41) is 27.1. The molecule has 4 N–H and O–H groups in total. The van der Waals surface area contributed by atoms with E-state index >= 15 is 0 Å². The molecule has 0 radical (unpaired) electrons. The average molecular weight is 395 g/mol. The van der Waals surface area contributed by atoms with Gasteiger partial charge in [-0.3, -0.25) is 4.79 Å². The fraction of sp³-hybridized carbons (Fsp3) is 0.381. The van der Waals surface area contributed by atoms with Crippen molar-refractivity contribution in [3.05, 3.63) is 52.6 Å². The number of aliphatic hydroxyl groups is 2. The number of aromatic nitrogens is 3. The Morgan fingerprint density at radius 3 is 2.83 bits per heavy atom. The fourth-order valence-electron chi connectivity index (χ4n) is 3.78. The Balaban J connectivity index is 1.79. The number of aliphatic hydroxyl groups excluding tert-OH is 2. The molecule has 4 rings (SSSR count). The topological polar surface area (TPSA) is 112 Å². The normalized spacial score (nSPS) is 18.9. The maximum Gasteiger partial charge on any atom is 0.262 e. The second kappa shape index (κ2) is 8.18. The highest BCUT2D eigenvalue weighted by Crippen LogP contribution is 2.28. The lowest BCUT2D eigenvalue weighted by atomic mass is 10.1. The molecule has 0 saturated heterocycles. The SMILES string of the molecule is Cc1ccnc(Nc2cc3ccn(CCO)c(=O)c3c(NC3CCCC3O)n2)c1. The fourth-order valence-corrected chi connectivity index (χ4v) is 3.78. The molecule has 1 saturated carbocycles. The van der Waals surface area contributed by atoms with E-state index in [4.69, 9.17) is 0 Å². The van der Waals surface area contributed by atoms with Crippen LogP contribution in [0.4, 0.5) is 17.5 Å². The molecular formula is C21H25N5O3. The van der Waals surface area contributed by atoms with E-state index in [0.717, 1.165) is 30.2 Å². The number of nitrogens with zero attached hydrogens (tertiary/aromatic N) is 3. The van der Waals surface area contributed by atoms with Crippen LogP contribution in [0.5, 0.6) is 0 Å². The maximum atomic E-state index is 13.0. The number of rotatable bonds is 6. The molecule has 3 aromatic rings. The van der Waals surface area contributed by atoms with Gasteiger partial charge < -0.3 is 25.4 Å². The van der Waals surface area contributed by atoms with Crippen molar-refractivity contribution in [2.75, 3.05) is 17.2 Å². The summed E-state index contributed by atoms with van der Waals surface area (Å²) in [7, 11) is 0. The predicted molar refractivity (Wildman–Crippen MR) is 113 cm³/mol. The zero-order chi connectivity index (χ0) is 20.4. The van der Waals surface area contributed by atoms with Crippen molar-refractivity contribution in [3.8, 4) is 0 Å². The van der Waals surface area contributed by atoms with Gasteiger partial charge in [-0.05, 0) is 61.4 Å². The third kappa shape index (κ3) is 4.08. The van der Waals surface area contributed by atoms with Gasteiger partial charge in [-0.25, -0.2) is 9.97 Å². The van der Waals surface area contributed by atoms with Gasteiger partial charge in [0.1, 0.15) is 17.5 Å². The Hall–Kier alpha value is -2.97. The molecule has 0 bridgehead atoms. The minimum absolute atomic E-state index is 0.123. The number of hydrogen-bond donors (Lipinski definition) is 4. The predicted octanol–water partition coefficient (Wildman–Crippen LogP) is 2.16. The Bertz CT molecular complexity index is 1080. The lowest BCUT2D eigenvalue weighted by Crippen LogP contribution is -2.30. The van der Waals surface area contributed by atoms with E-state index in [0.29, 0.717) is 22.8 Å². The molecule has 0 aliphatic heterocycles. The Morgan fingerprint density at radius 2 is 2.10 bits per heavy atom. The molecule has 152 valence electrons. The van der Waals surface area contributed by atoms with E-state index in [2.05, 4.69) is 20.6 Å². The third-order valence-corrected chi connectivity index (χ3v) is 5.27. The van der Waals surface area contributed by atoms with E-state index in [1.165, 1.54) is 4.57 Å². The molecule has 1 fully saturated rings. The first-order valence-corrected chi connectivity index (χ1v) is 9.84. The smallest absolute Gasteiger partial charge is 0.262 e. The molecule has 29 heavy (non-hydrogen) atoms. The van der Waals surface area contributed by atoms with Gasteiger partial charge >= 0.3 is 0 Å². The Labute approximate surface area is 168 Å². The molecule has 8 heteroatoms. The summed E-state index contributed by atoms with van der Waals surface area (Å²) in [6, 6.07) is 7.32. The Morgan fingerprint density at radius 1 is 1.24 bits per heavy atom. The van der Waals surface area contributed by atoms with Gasteiger partial charge in [0.25, 0.3) is 5.56 Å². The lowest BCUT2D eigenvalue weighted by molar-refractivity contribution is 0.171. The van der Waals surface area contributed by atoms with E-state index in [1.807, 2.05) is 25.1 Å². The van der Waals surface area contributed by atoms with E-state index in [9.17, 15) is 15.0 Å². The second-order valence-corrected chi connectivity index (χ2v) is 7.45. The van der Waals surface area contributed by atoms with E-state index in [-0.39, 0.29) is 24.8 Å². The van der Waals surface area contributed by atoms with Crippen LogP contribution >= 0.6 is 0 Å². The first kappa shape index (κ1) is 19.4. The van der Waals surface area contributed by atoms with Crippen molar-refractivity contribution in [2.45, 2.75) is 44.9 Å². The molecule has 0 spiro atoms. The minimum atomic E-state index is -0.467. The molecule has 1 aliphatic carbocycles. The Kier molecular flexibility index (Phi) is 5.46. The minimum Gasteiger partial charge on any atom is -0.395 e. The van der Waals surface area contributed by atoms with Crippen LogP contribution in [0.2, 0.25) is 0 Å². The molecule has 2 atom stereocenters. The highest BCUT2D eigenvalue weighted by atomic mass is 16.3. The van der Waals surface area contributed by atoms with E-state index in [1.54, 1.807) is 18.5 Å². The first-order valence-electron chi connectivity index (χ1n) is 9.84. The number of nitrogens with one attached hydrogen (secondary N) is 2. The van der Waals surface area contributed by atoms with Gasteiger partial charge in [0.2, 0.25) is 0 Å². The molecule has 1 aliphatic rings. The van der Waals surface area contributed by atoms with Crippen molar-refractivity contribution in [1.29, 1.82) is 0 Å². The second-order valence-electron chi connectivity index (χ2n) is 7.45. The van der Waals surface area contributed by atoms with Crippen LogP contribution in [-0.4, -0.2) is 43.5 Å². The third-order valence-electron chi connectivity index (χ3n) is 5.27. The summed E-state index contributed by atoms with van der Waals surface area (Å²) < 4.78 is 1.47. The number of fused-ring (bicyclic) bond motifs is 1. The van der Waals surface area contributed by atoms with Crippen LogP contribution in [0.1, 0.15) is 24.8 Å². The highest BCUT2D eigenvalue weighted by molar-refractivity contribution is 5.93. The lowest BCUT2D eigenvalue weighted by Gasteiger charge is -2.19. The van der Waals surface area contributed by atoms with E-state index < -0.39 is 6.10 Å². The number of pyridine rings is 3.